The third-order valence-corrected chi connectivity index (χ3v) is 4.89. The minimum atomic E-state index is -0.0439. The van der Waals surface area contributed by atoms with Gasteiger partial charge in [-0.15, -0.1) is 0 Å². The van der Waals surface area contributed by atoms with E-state index >= 15 is 0 Å². The zero-order chi connectivity index (χ0) is 19.2. The number of hydrogen-bond acceptors (Lipinski definition) is 5. The van der Waals surface area contributed by atoms with E-state index in [0.717, 1.165) is 27.7 Å². The van der Waals surface area contributed by atoms with E-state index in [2.05, 4.69) is 20.4 Å². The van der Waals surface area contributed by atoms with Gasteiger partial charge in [-0.25, -0.2) is 14.6 Å². The molecule has 0 aliphatic rings. The average molecular weight is 382 g/mol. The first-order chi connectivity index (χ1) is 13.1. The van der Waals surface area contributed by atoms with Crippen molar-refractivity contribution in [1.29, 1.82) is 0 Å². The Morgan fingerprint density at radius 2 is 1.81 bits per heavy atom. The molecule has 0 saturated carbocycles. The quantitative estimate of drug-likeness (QED) is 0.500. The van der Waals surface area contributed by atoms with Gasteiger partial charge in [-0.1, -0.05) is 42.1 Å². The number of nitrogens with zero attached hydrogens (tertiary/aromatic N) is 4. The van der Waals surface area contributed by atoms with Crippen LogP contribution in [0.2, 0.25) is 0 Å². The molecular weight excluding hydrogens is 358 g/mol. The predicted octanol–water partition coefficient (Wildman–Crippen LogP) is 3.63. The van der Waals surface area contributed by atoms with E-state index in [1.807, 2.05) is 56.5 Å². The Bertz CT molecular complexity index is 900. The molecule has 0 saturated heterocycles. The highest BCUT2D eigenvalue weighted by atomic mass is 32.2. The smallest absolute Gasteiger partial charge is 0.225 e. The van der Waals surface area contributed by atoms with Gasteiger partial charge in [0.25, 0.3) is 0 Å². The molecule has 3 aromatic rings. The van der Waals surface area contributed by atoms with Gasteiger partial charge in [-0.3, -0.25) is 4.79 Å². The van der Waals surface area contributed by atoms with Crippen LogP contribution in [0.25, 0.3) is 0 Å². The molecule has 0 spiro atoms. The summed E-state index contributed by atoms with van der Waals surface area (Å²) in [5.41, 5.74) is 4.05. The van der Waals surface area contributed by atoms with E-state index in [9.17, 15) is 4.79 Å². The number of hydrogen-bond donors (Lipinski definition) is 1. The standard InChI is InChI=1S/C20H23N5OS/c1-14-17(15(2)23-20(22-14)27-3)9-10-19(26)24-18-11-12-21-25(18)13-16-7-5-4-6-8-16/h4-8,11-12H,9-10,13H2,1-3H3,(H,24,26). The number of anilines is 1. The van der Waals surface area contributed by atoms with Crippen LogP contribution in [-0.4, -0.2) is 31.9 Å². The molecule has 2 aromatic heterocycles. The van der Waals surface area contributed by atoms with E-state index in [-0.39, 0.29) is 5.91 Å². The van der Waals surface area contributed by atoms with Gasteiger partial charge >= 0.3 is 0 Å². The van der Waals surface area contributed by atoms with Crippen molar-refractivity contribution < 1.29 is 4.79 Å². The summed E-state index contributed by atoms with van der Waals surface area (Å²) in [6, 6.07) is 11.9. The summed E-state index contributed by atoms with van der Waals surface area (Å²) in [7, 11) is 0. The molecule has 2 heterocycles. The van der Waals surface area contributed by atoms with Crippen LogP contribution >= 0.6 is 11.8 Å². The molecule has 1 N–H and O–H groups in total. The molecule has 6 nitrogen and oxygen atoms in total. The van der Waals surface area contributed by atoms with Crippen LogP contribution in [0.1, 0.15) is 28.9 Å². The minimum absolute atomic E-state index is 0.0439. The number of nitrogens with one attached hydrogen (secondary N) is 1. The largest absolute Gasteiger partial charge is 0.311 e. The number of thioether (sulfide) groups is 1. The molecule has 140 valence electrons. The number of carbonyl (C=O) groups is 1. The van der Waals surface area contributed by atoms with Crippen LogP contribution in [0.15, 0.2) is 47.8 Å². The van der Waals surface area contributed by atoms with Gasteiger partial charge in [0.15, 0.2) is 5.16 Å². The summed E-state index contributed by atoms with van der Waals surface area (Å²) in [5, 5.41) is 8.04. The number of aryl methyl sites for hydroxylation is 2. The number of benzene rings is 1. The van der Waals surface area contributed by atoms with Crippen molar-refractivity contribution in [2.75, 3.05) is 11.6 Å². The Kier molecular flexibility index (Phi) is 6.24. The average Bonchev–Trinajstić information content (AvgIpc) is 3.08. The summed E-state index contributed by atoms with van der Waals surface area (Å²) in [6.45, 7) is 4.55. The third-order valence-electron chi connectivity index (χ3n) is 4.34. The van der Waals surface area contributed by atoms with Crippen LogP contribution in [0.4, 0.5) is 5.82 Å². The van der Waals surface area contributed by atoms with Crippen molar-refractivity contribution in [3.05, 3.63) is 65.1 Å². The van der Waals surface area contributed by atoms with Crippen molar-refractivity contribution in [3.63, 3.8) is 0 Å². The van der Waals surface area contributed by atoms with Crippen LogP contribution in [-0.2, 0) is 17.8 Å². The Hall–Kier alpha value is -2.67. The molecule has 1 amide bonds. The van der Waals surface area contributed by atoms with Gasteiger partial charge in [-0.2, -0.15) is 5.10 Å². The summed E-state index contributed by atoms with van der Waals surface area (Å²) in [5.74, 6) is 0.656. The molecule has 1 aromatic carbocycles. The zero-order valence-corrected chi connectivity index (χ0v) is 16.6. The molecule has 27 heavy (non-hydrogen) atoms. The van der Waals surface area contributed by atoms with Gasteiger partial charge in [0.2, 0.25) is 5.91 Å². The fourth-order valence-electron chi connectivity index (χ4n) is 2.93. The molecule has 0 radical (unpaired) electrons. The first kappa shape index (κ1) is 19.1. The first-order valence-corrected chi connectivity index (χ1v) is 10.0. The highest BCUT2D eigenvalue weighted by Crippen LogP contribution is 2.18. The Morgan fingerprint density at radius 1 is 1.11 bits per heavy atom. The topological polar surface area (TPSA) is 72.7 Å². The molecule has 0 aliphatic heterocycles. The van der Waals surface area contributed by atoms with E-state index in [1.165, 1.54) is 11.8 Å². The number of rotatable bonds is 7. The summed E-state index contributed by atoms with van der Waals surface area (Å²) < 4.78 is 1.79. The maximum absolute atomic E-state index is 12.4. The molecule has 3 rings (SSSR count). The third kappa shape index (κ3) is 4.95. The van der Waals surface area contributed by atoms with Gasteiger partial charge in [0.1, 0.15) is 5.82 Å². The molecule has 0 unspecified atom stereocenters. The molecule has 0 aliphatic carbocycles. The Morgan fingerprint density at radius 3 is 2.48 bits per heavy atom. The van der Waals surface area contributed by atoms with Crippen LogP contribution in [0, 0.1) is 13.8 Å². The van der Waals surface area contributed by atoms with Crippen LogP contribution < -0.4 is 5.32 Å². The maximum atomic E-state index is 12.4. The van der Waals surface area contributed by atoms with E-state index in [1.54, 1.807) is 10.9 Å². The van der Waals surface area contributed by atoms with Crippen molar-refractivity contribution >= 4 is 23.5 Å². The molecular formula is C20H23N5OS. The fourth-order valence-corrected chi connectivity index (χ4v) is 3.38. The number of carbonyl (C=O) groups excluding carboxylic acids is 1. The second-order valence-electron chi connectivity index (χ2n) is 6.27. The lowest BCUT2D eigenvalue weighted by molar-refractivity contribution is -0.116. The molecule has 7 heteroatoms. The molecule has 0 bridgehead atoms. The second kappa shape index (κ2) is 8.81. The molecule has 0 fully saturated rings. The fraction of sp³-hybridized carbons (Fsp3) is 0.300. The van der Waals surface area contributed by atoms with E-state index in [0.29, 0.717) is 25.2 Å². The number of aromatic nitrogens is 4. The van der Waals surface area contributed by atoms with Gasteiger partial charge in [0, 0.05) is 23.9 Å². The van der Waals surface area contributed by atoms with Crippen LogP contribution in [0.5, 0.6) is 0 Å². The molecule has 0 atom stereocenters. The highest BCUT2D eigenvalue weighted by Gasteiger charge is 2.12. The Labute approximate surface area is 163 Å². The monoisotopic (exact) mass is 381 g/mol. The SMILES string of the molecule is CSc1nc(C)c(CCC(=O)Nc2ccnn2Cc2ccccc2)c(C)n1. The lowest BCUT2D eigenvalue weighted by Gasteiger charge is -2.11. The maximum Gasteiger partial charge on any atom is 0.225 e. The van der Waals surface area contributed by atoms with E-state index < -0.39 is 0 Å². The summed E-state index contributed by atoms with van der Waals surface area (Å²) >= 11 is 1.52. The lowest BCUT2D eigenvalue weighted by Crippen LogP contribution is -2.17. The normalized spacial score (nSPS) is 10.8. The number of amides is 1. The second-order valence-corrected chi connectivity index (χ2v) is 7.04. The zero-order valence-electron chi connectivity index (χ0n) is 15.8. The van der Waals surface area contributed by atoms with Gasteiger partial charge in [0.05, 0.1) is 12.7 Å². The van der Waals surface area contributed by atoms with Crippen LogP contribution in [0.3, 0.4) is 0 Å². The van der Waals surface area contributed by atoms with Crippen molar-refractivity contribution in [1.82, 2.24) is 19.7 Å². The van der Waals surface area contributed by atoms with Crippen molar-refractivity contribution in [3.8, 4) is 0 Å². The predicted molar refractivity (Wildman–Crippen MR) is 108 cm³/mol. The van der Waals surface area contributed by atoms with Crippen molar-refractivity contribution in [2.45, 2.75) is 38.4 Å². The minimum Gasteiger partial charge on any atom is -0.311 e. The summed E-state index contributed by atoms with van der Waals surface area (Å²) in [6.07, 6.45) is 4.65. The first-order valence-electron chi connectivity index (χ1n) is 8.80. The Balaban J connectivity index is 1.62. The van der Waals surface area contributed by atoms with Gasteiger partial charge in [-0.05, 0) is 37.7 Å². The lowest BCUT2D eigenvalue weighted by atomic mass is 10.1. The van der Waals surface area contributed by atoms with Crippen molar-refractivity contribution in [2.24, 2.45) is 0 Å². The van der Waals surface area contributed by atoms with E-state index in [4.69, 9.17) is 0 Å². The van der Waals surface area contributed by atoms with Gasteiger partial charge < -0.3 is 5.32 Å². The highest BCUT2D eigenvalue weighted by molar-refractivity contribution is 7.98. The summed E-state index contributed by atoms with van der Waals surface area (Å²) in [4.78, 5) is 21.4.